The van der Waals surface area contributed by atoms with Crippen molar-refractivity contribution in [1.29, 1.82) is 0 Å². The molecule has 1 amide bonds. The summed E-state index contributed by atoms with van der Waals surface area (Å²) in [7, 11) is 1.43. The third-order valence-corrected chi connectivity index (χ3v) is 2.60. The Morgan fingerprint density at radius 1 is 1.29 bits per heavy atom. The topological polar surface area (TPSA) is 90.7 Å². The van der Waals surface area contributed by atoms with Gasteiger partial charge in [-0.3, -0.25) is 4.79 Å². The second-order valence-electron chi connectivity index (χ2n) is 5.75. The molecule has 1 unspecified atom stereocenters. The van der Waals surface area contributed by atoms with Crippen molar-refractivity contribution in [3.63, 3.8) is 0 Å². The van der Waals surface area contributed by atoms with E-state index in [2.05, 4.69) is 5.32 Å². The van der Waals surface area contributed by atoms with Gasteiger partial charge in [0, 0.05) is 17.3 Å². The summed E-state index contributed by atoms with van der Waals surface area (Å²) in [6, 6.07) is 4.60. The number of amides is 1. The fraction of sp³-hybridized carbons (Fsp3) is 0.467. The van der Waals surface area contributed by atoms with E-state index < -0.39 is 17.6 Å². The van der Waals surface area contributed by atoms with E-state index in [0.29, 0.717) is 11.4 Å². The molecule has 0 aliphatic carbocycles. The van der Waals surface area contributed by atoms with Gasteiger partial charge < -0.3 is 20.5 Å². The van der Waals surface area contributed by atoms with E-state index in [-0.39, 0.29) is 11.5 Å². The molecule has 1 atom stereocenters. The maximum absolute atomic E-state index is 12.1. The number of hydrogen-bond acceptors (Lipinski definition) is 5. The molecule has 0 saturated heterocycles. The highest BCUT2D eigenvalue weighted by Gasteiger charge is 2.24. The van der Waals surface area contributed by atoms with Gasteiger partial charge in [0.15, 0.2) is 6.10 Å². The van der Waals surface area contributed by atoms with Crippen molar-refractivity contribution in [3.05, 3.63) is 23.8 Å². The van der Waals surface area contributed by atoms with Gasteiger partial charge in [0.2, 0.25) is 0 Å². The van der Waals surface area contributed by atoms with Gasteiger partial charge in [-0.25, -0.2) is 4.79 Å². The third kappa shape index (κ3) is 4.98. The van der Waals surface area contributed by atoms with Gasteiger partial charge in [-0.15, -0.1) is 0 Å². The van der Waals surface area contributed by atoms with Gasteiger partial charge in [0.25, 0.3) is 5.91 Å². The van der Waals surface area contributed by atoms with Crippen LogP contribution in [0.1, 0.15) is 38.1 Å². The minimum atomic E-state index is -0.904. The molecule has 6 nitrogen and oxygen atoms in total. The van der Waals surface area contributed by atoms with Crippen molar-refractivity contribution in [2.24, 2.45) is 0 Å². The molecule has 0 aliphatic heterocycles. The molecule has 0 heterocycles. The van der Waals surface area contributed by atoms with Crippen molar-refractivity contribution < 1.29 is 19.1 Å². The Balaban J connectivity index is 2.79. The lowest BCUT2D eigenvalue weighted by Gasteiger charge is -2.23. The fourth-order valence-electron chi connectivity index (χ4n) is 1.63. The zero-order valence-corrected chi connectivity index (χ0v) is 13.0. The first kappa shape index (κ1) is 16.8. The Morgan fingerprint density at radius 2 is 1.90 bits per heavy atom. The van der Waals surface area contributed by atoms with Crippen LogP contribution in [-0.2, 0) is 9.53 Å². The van der Waals surface area contributed by atoms with Crippen molar-refractivity contribution in [2.45, 2.75) is 39.3 Å². The highest BCUT2D eigenvalue weighted by Crippen LogP contribution is 2.22. The Hall–Kier alpha value is -2.24. The van der Waals surface area contributed by atoms with Crippen molar-refractivity contribution in [1.82, 2.24) is 5.32 Å². The molecule has 21 heavy (non-hydrogen) atoms. The number of nitrogens with two attached hydrogens (primary N) is 1. The van der Waals surface area contributed by atoms with Gasteiger partial charge in [0.1, 0.15) is 11.3 Å². The molecule has 3 N–H and O–H groups in total. The second kappa shape index (κ2) is 6.47. The minimum Gasteiger partial charge on any atom is -0.496 e. The van der Waals surface area contributed by atoms with Crippen LogP contribution in [0, 0.1) is 0 Å². The summed E-state index contributed by atoms with van der Waals surface area (Å²) in [4.78, 5) is 24.0. The van der Waals surface area contributed by atoms with E-state index >= 15 is 0 Å². The first-order valence-corrected chi connectivity index (χ1v) is 6.60. The molecule has 0 radical (unpaired) electrons. The van der Waals surface area contributed by atoms with Crippen LogP contribution in [0.2, 0.25) is 0 Å². The van der Waals surface area contributed by atoms with Gasteiger partial charge in [-0.05, 0) is 39.8 Å². The van der Waals surface area contributed by atoms with Crippen LogP contribution in [0.15, 0.2) is 18.2 Å². The van der Waals surface area contributed by atoms with Crippen molar-refractivity contribution >= 4 is 17.6 Å². The Labute approximate surface area is 124 Å². The normalized spacial score (nSPS) is 12.4. The second-order valence-corrected chi connectivity index (χ2v) is 5.75. The average Bonchev–Trinajstić information content (AvgIpc) is 2.36. The Morgan fingerprint density at radius 3 is 2.43 bits per heavy atom. The third-order valence-electron chi connectivity index (χ3n) is 2.60. The summed E-state index contributed by atoms with van der Waals surface area (Å²) >= 11 is 0. The van der Waals surface area contributed by atoms with Crippen LogP contribution in [0.25, 0.3) is 0 Å². The largest absolute Gasteiger partial charge is 0.496 e. The van der Waals surface area contributed by atoms with Crippen LogP contribution in [-0.4, -0.2) is 30.6 Å². The SMILES string of the molecule is COc1cc(N)ccc1C(=O)OC(C)C(=O)NC(C)(C)C. The van der Waals surface area contributed by atoms with Crippen LogP contribution >= 0.6 is 0 Å². The Bertz CT molecular complexity index is 535. The van der Waals surface area contributed by atoms with E-state index in [9.17, 15) is 9.59 Å². The summed E-state index contributed by atoms with van der Waals surface area (Å²) in [5.41, 5.74) is 5.93. The predicted octanol–water partition coefficient (Wildman–Crippen LogP) is 1.74. The number of nitrogen functional groups attached to an aromatic ring is 1. The van der Waals surface area contributed by atoms with E-state index in [0.717, 1.165) is 0 Å². The molecule has 0 aromatic heterocycles. The van der Waals surface area contributed by atoms with Crippen molar-refractivity contribution in [2.75, 3.05) is 12.8 Å². The summed E-state index contributed by atoms with van der Waals surface area (Å²) in [6.07, 6.45) is -0.904. The van der Waals surface area contributed by atoms with Gasteiger partial charge in [-0.2, -0.15) is 0 Å². The molecule has 0 spiro atoms. The number of esters is 1. The summed E-state index contributed by atoms with van der Waals surface area (Å²) in [6.45, 7) is 7.07. The van der Waals surface area contributed by atoms with Gasteiger partial charge in [0.05, 0.1) is 7.11 Å². The number of ether oxygens (including phenoxy) is 2. The number of hydrogen-bond donors (Lipinski definition) is 2. The molecule has 0 aliphatic rings. The average molecular weight is 294 g/mol. The smallest absolute Gasteiger partial charge is 0.342 e. The molecule has 116 valence electrons. The van der Waals surface area contributed by atoms with E-state index in [1.165, 1.54) is 26.2 Å². The van der Waals surface area contributed by atoms with Crippen LogP contribution < -0.4 is 15.8 Å². The lowest BCUT2D eigenvalue weighted by atomic mass is 10.1. The lowest BCUT2D eigenvalue weighted by Crippen LogP contribution is -2.46. The van der Waals surface area contributed by atoms with E-state index in [1.54, 1.807) is 6.07 Å². The van der Waals surface area contributed by atoms with Gasteiger partial charge in [-0.1, -0.05) is 0 Å². The Kier molecular flexibility index (Phi) is 5.18. The highest BCUT2D eigenvalue weighted by atomic mass is 16.5. The monoisotopic (exact) mass is 294 g/mol. The molecule has 1 aromatic rings. The van der Waals surface area contributed by atoms with Crippen LogP contribution in [0.4, 0.5) is 5.69 Å². The first-order chi connectivity index (χ1) is 9.64. The molecule has 0 saturated carbocycles. The van der Waals surface area contributed by atoms with E-state index in [1.807, 2.05) is 20.8 Å². The standard InChI is InChI=1S/C15H22N2O4/c1-9(13(18)17-15(2,3)4)21-14(19)11-7-6-10(16)8-12(11)20-5/h6-9H,16H2,1-5H3,(H,17,18). The van der Waals surface area contributed by atoms with Crippen LogP contribution in [0.3, 0.4) is 0 Å². The number of benzene rings is 1. The zero-order valence-electron chi connectivity index (χ0n) is 13.0. The number of rotatable bonds is 4. The maximum atomic E-state index is 12.1. The lowest BCUT2D eigenvalue weighted by molar-refractivity contribution is -0.130. The number of carbonyl (C=O) groups excluding carboxylic acids is 2. The predicted molar refractivity (Wildman–Crippen MR) is 80.2 cm³/mol. The molecular formula is C15H22N2O4. The van der Waals surface area contributed by atoms with Crippen molar-refractivity contribution in [3.8, 4) is 5.75 Å². The molecule has 6 heteroatoms. The van der Waals surface area contributed by atoms with Crippen LogP contribution in [0.5, 0.6) is 5.75 Å². The molecule has 0 fully saturated rings. The fourth-order valence-corrected chi connectivity index (χ4v) is 1.63. The number of anilines is 1. The first-order valence-electron chi connectivity index (χ1n) is 6.60. The molecule has 0 bridgehead atoms. The zero-order chi connectivity index (χ0) is 16.2. The summed E-state index contributed by atoms with van der Waals surface area (Å²) < 4.78 is 10.2. The van der Waals surface area contributed by atoms with E-state index in [4.69, 9.17) is 15.2 Å². The number of nitrogens with one attached hydrogen (secondary N) is 1. The maximum Gasteiger partial charge on any atom is 0.342 e. The quantitative estimate of drug-likeness (QED) is 0.652. The molecule has 1 aromatic carbocycles. The highest BCUT2D eigenvalue weighted by molar-refractivity contribution is 5.95. The summed E-state index contributed by atoms with van der Waals surface area (Å²) in [5, 5.41) is 2.75. The number of methoxy groups -OCH3 is 1. The number of carbonyl (C=O) groups is 2. The molecular weight excluding hydrogens is 272 g/mol. The van der Waals surface area contributed by atoms with Gasteiger partial charge >= 0.3 is 5.97 Å². The molecule has 1 rings (SSSR count). The minimum absolute atomic E-state index is 0.224. The summed E-state index contributed by atoms with van der Waals surface area (Å²) in [5.74, 6) is -0.683.